The maximum atomic E-state index is 12.1. The number of halogens is 2. The topological polar surface area (TPSA) is 41.6 Å². The summed E-state index contributed by atoms with van der Waals surface area (Å²) in [4.78, 5) is 13.1. The van der Waals surface area contributed by atoms with Crippen LogP contribution in [0.15, 0.2) is 0 Å². The fourth-order valence-electron chi connectivity index (χ4n) is 2.14. The molecule has 0 aromatic carbocycles. The van der Waals surface area contributed by atoms with Crippen LogP contribution in [0.2, 0.25) is 0 Å². The molecule has 4 nitrogen and oxygen atoms in total. The molecule has 1 saturated heterocycles. The number of alkyl halides is 2. The highest BCUT2D eigenvalue weighted by atomic mass is 19.3. The highest BCUT2D eigenvalue weighted by Crippen LogP contribution is 2.13. The van der Waals surface area contributed by atoms with Crippen molar-refractivity contribution in [2.75, 3.05) is 32.8 Å². The van der Waals surface area contributed by atoms with E-state index in [0.717, 1.165) is 19.5 Å². The van der Waals surface area contributed by atoms with Crippen molar-refractivity contribution in [2.45, 2.75) is 32.7 Å². The van der Waals surface area contributed by atoms with Gasteiger partial charge in [-0.3, -0.25) is 9.69 Å². The lowest BCUT2D eigenvalue weighted by Crippen LogP contribution is -2.50. The first kappa shape index (κ1) is 15.3. The van der Waals surface area contributed by atoms with E-state index in [1.54, 1.807) is 0 Å². The van der Waals surface area contributed by atoms with E-state index in [4.69, 9.17) is 4.74 Å². The van der Waals surface area contributed by atoms with E-state index in [-0.39, 0.29) is 12.6 Å². The van der Waals surface area contributed by atoms with Gasteiger partial charge < -0.3 is 10.1 Å². The molecule has 0 spiro atoms. The van der Waals surface area contributed by atoms with E-state index in [9.17, 15) is 13.6 Å². The minimum atomic E-state index is -2.94. The zero-order valence-electron chi connectivity index (χ0n) is 11.0. The summed E-state index contributed by atoms with van der Waals surface area (Å²) in [5.41, 5.74) is 0. The number of amides is 1. The van der Waals surface area contributed by atoms with Crippen molar-refractivity contribution in [3.63, 3.8) is 0 Å². The highest BCUT2D eigenvalue weighted by molar-refractivity contribution is 5.79. The van der Waals surface area contributed by atoms with Crippen LogP contribution in [-0.4, -0.2) is 56.1 Å². The maximum absolute atomic E-state index is 12.1. The van der Waals surface area contributed by atoms with Crippen molar-refractivity contribution in [1.29, 1.82) is 0 Å². The summed E-state index contributed by atoms with van der Waals surface area (Å²) in [6.45, 7) is 7.37. The molecular formula is C12H22F2N2O2. The third-order valence-electron chi connectivity index (χ3n) is 3.02. The van der Waals surface area contributed by atoms with Gasteiger partial charge in [0.2, 0.25) is 0 Å². The Bertz CT molecular complexity index is 256. The first-order chi connectivity index (χ1) is 8.50. The second-order valence-electron chi connectivity index (χ2n) is 4.98. The fourth-order valence-corrected chi connectivity index (χ4v) is 2.14. The molecule has 0 aromatic rings. The van der Waals surface area contributed by atoms with E-state index < -0.39 is 12.3 Å². The second kappa shape index (κ2) is 7.63. The number of rotatable bonds is 6. The quantitative estimate of drug-likeness (QED) is 0.781. The molecule has 0 saturated carbocycles. The molecule has 0 aliphatic carbocycles. The SMILES string of the molecule is CC(C)CC(CNC(=O)C(F)F)N1CCOCC1. The van der Waals surface area contributed by atoms with Crippen LogP contribution >= 0.6 is 0 Å². The molecule has 1 fully saturated rings. The van der Waals surface area contributed by atoms with Crippen LogP contribution in [-0.2, 0) is 9.53 Å². The van der Waals surface area contributed by atoms with Gasteiger partial charge in [-0.2, -0.15) is 8.78 Å². The Labute approximate surface area is 107 Å². The largest absolute Gasteiger partial charge is 0.379 e. The first-order valence-electron chi connectivity index (χ1n) is 6.38. The highest BCUT2D eigenvalue weighted by Gasteiger charge is 2.23. The van der Waals surface area contributed by atoms with Gasteiger partial charge in [0.05, 0.1) is 13.2 Å². The van der Waals surface area contributed by atoms with Gasteiger partial charge in [0.25, 0.3) is 5.91 Å². The lowest BCUT2D eigenvalue weighted by atomic mass is 10.0. The number of hydrogen-bond acceptors (Lipinski definition) is 3. The van der Waals surface area contributed by atoms with Crippen LogP contribution in [0.5, 0.6) is 0 Å². The zero-order valence-corrected chi connectivity index (χ0v) is 11.0. The number of ether oxygens (including phenoxy) is 1. The number of carbonyl (C=O) groups excluding carboxylic acids is 1. The Morgan fingerprint density at radius 3 is 2.44 bits per heavy atom. The van der Waals surface area contributed by atoms with Crippen LogP contribution in [0.4, 0.5) is 8.78 Å². The number of morpholine rings is 1. The van der Waals surface area contributed by atoms with Gasteiger partial charge in [0.1, 0.15) is 0 Å². The molecule has 1 amide bonds. The number of nitrogens with zero attached hydrogens (tertiary/aromatic N) is 1. The van der Waals surface area contributed by atoms with Crippen molar-refractivity contribution in [2.24, 2.45) is 5.92 Å². The van der Waals surface area contributed by atoms with Gasteiger partial charge in [0, 0.05) is 25.7 Å². The Kier molecular flexibility index (Phi) is 6.49. The molecule has 0 aromatic heterocycles. The average molecular weight is 264 g/mol. The standard InChI is InChI=1S/C12H22F2N2O2/c1-9(2)7-10(8-15-12(17)11(13)14)16-3-5-18-6-4-16/h9-11H,3-8H2,1-2H3,(H,15,17). The molecule has 106 valence electrons. The minimum absolute atomic E-state index is 0.108. The molecular weight excluding hydrogens is 242 g/mol. The Balaban J connectivity index is 2.46. The van der Waals surface area contributed by atoms with Gasteiger partial charge in [-0.15, -0.1) is 0 Å². The van der Waals surface area contributed by atoms with E-state index in [1.807, 2.05) is 0 Å². The van der Waals surface area contributed by atoms with Crippen molar-refractivity contribution in [3.05, 3.63) is 0 Å². The van der Waals surface area contributed by atoms with Crippen LogP contribution < -0.4 is 5.32 Å². The predicted octanol–water partition coefficient (Wildman–Crippen LogP) is 1.11. The molecule has 6 heteroatoms. The molecule has 1 aliphatic rings. The van der Waals surface area contributed by atoms with E-state index in [2.05, 4.69) is 24.1 Å². The lowest BCUT2D eigenvalue weighted by molar-refractivity contribution is -0.132. The summed E-state index contributed by atoms with van der Waals surface area (Å²) in [5, 5.41) is 2.31. The summed E-state index contributed by atoms with van der Waals surface area (Å²) < 4.78 is 29.5. The van der Waals surface area contributed by atoms with E-state index >= 15 is 0 Å². The number of carbonyl (C=O) groups is 1. The molecule has 1 unspecified atom stereocenters. The van der Waals surface area contributed by atoms with Crippen molar-refractivity contribution in [1.82, 2.24) is 10.2 Å². The van der Waals surface area contributed by atoms with E-state index in [0.29, 0.717) is 19.1 Å². The zero-order chi connectivity index (χ0) is 13.5. The molecule has 1 N–H and O–H groups in total. The Hall–Kier alpha value is -0.750. The monoisotopic (exact) mass is 264 g/mol. The van der Waals surface area contributed by atoms with Crippen molar-refractivity contribution in [3.8, 4) is 0 Å². The van der Waals surface area contributed by atoms with Gasteiger partial charge >= 0.3 is 6.43 Å². The Morgan fingerprint density at radius 1 is 1.33 bits per heavy atom. The second-order valence-corrected chi connectivity index (χ2v) is 4.98. The molecule has 1 rings (SSSR count). The summed E-state index contributed by atoms with van der Waals surface area (Å²) in [7, 11) is 0. The van der Waals surface area contributed by atoms with Crippen LogP contribution in [0.3, 0.4) is 0 Å². The summed E-state index contributed by atoms with van der Waals surface area (Å²) >= 11 is 0. The number of hydrogen-bond donors (Lipinski definition) is 1. The predicted molar refractivity (Wildman–Crippen MR) is 64.6 cm³/mol. The van der Waals surface area contributed by atoms with Gasteiger partial charge in [-0.05, 0) is 12.3 Å². The number of nitrogens with one attached hydrogen (secondary N) is 1. The maximum Gasteiger partial charge on any atom is 0.315 e. The average Bonchev–Trinajstić information content (AvgIpc) is 2.34. The van der Waals surface area contributed by atoms with Crippen LogP contribution in [0, 0.1) is 5.92 Å². The Morgan fingerprint density at radius 2 is 1.94 bits per heavy atom. The van der Waals surface area contributed by atoms with E-state index in [1.165, 1.54) is 0 Å². The fraction of sp³-hybridized carbons (Fsp3) is 0.917. The summed E-state index contributed by atoms with van der Waals surface area (Å²) in [5.74, 6) is -0.724. The molecule has 1 atom stereocenters. The van der Waals surface area contributed by atoms with Crippen molar-refractivity contribution < 1.29 is 18.3 Å². The van der Waals surface area contributed by atoms with Gasteiger partial charge in [-0.25, -0.2) is 0 Å². The molecule has 1 heterocycles. The van der Waals surface area contributed by atoms with Crippen LogP contribution in [0.25, 0.3) is 0 Å². The summed E-state index contributed by atoms with van der Waals surface area (Å²) in [6.07, 6.45) is -2.06. The van der Waals surface area contributed by atoms with Crippen LogP contribution in [0.1, 0.15) is 20.3 Å². The lowest BCUT2D eigenvalue weighted by Gasteiger charge is -2.35. The molecule has 0 radical (unpaired) electrons. The van der Waals surface area contributed by atoms with Gasteiger partial charge in [-0.1, -0.05) is 13.8 Å². The normalized spacial score (nSPS) is 19.2. The summed E-state index contributed by atoms with van der Waals surface area (Å²) in [6, 6.07) is 0.108. The van der Waals surface area contributed by atoms with Crippen molar-refractivity contribution >= 4 is 5.91 Å². The van der Waals surface area contributed by atoms with Gasteiger partial charge in [0.15, 0.2) is 0 Å². The third-order valence-corrected chi connectivity index (χ3v) is 3.02. The molecule has 18 heavy (non-hydrogen) atoms. The molecule has 1 aliphatic heterocycles. The minimum Gasteiger partial charge on any atom is -0.379 e. The first-order valence-corrected chi connectivity index (χ1v) is 6.38. The third kappa shape index (κ3) is 5.27. The molecule has 0 bridgehead atoms. The smallest absolute Gasteiger partial charge is 0.315 e.